The van der Waals surface area contributed by atoms with E-state index in [-0.39, 0.29) is 5.41 Å². The predicted octanol–water partition coefficient (Wildman–Crippen LogP) is 1.92. The van der Waals surface area contributed by atoms with Crippen molar-refractivity contribution < 1.29 is 5.21 Å². The molecule has 0 saturated carbocycles. The van der Waals surface area contributed by atoms with Crippen LogP contribution in [0, 0.1) is 5.41 Å². The van der Waals surface area contributed by atoms with Crippen molar-refractivity contribution in [3.63, 3.8) is 0 Å². The highest BCUT2D eigenvalue weighted by Gasteiger charge is 2.26. The fourth-order valence-corrected chi connectivity index (χ4v) is 2.49. The van der Waals surface area contributed by atoms with Gasteiger partial charge in [0, 0.05) is 24.0 Å². The van der Waals surface area contributed by atoms with Crippen LogP contribution in [0.5, 0.6) is 0 Å². The van der Waals surface area contributed by atoms with Gasteiger partial charge in [0.15, 0.2) is 0 Å². The van der Waals surface area contributed by atoms with Crippen LogP contribution in [0.2, 0.25) is 0 Å². The number of rotatable bonds is 5. The number of nitrogens with two attached hydrogens (primary N) is 1. The zero-order valence-electron chi connectivity index (χ0n) is 12.1. The van der Waals surface area contributed by atoms with E-state index in [4.69, 9.17) is 10.9 Å². The Balaban J connectivity index is 2.41. The highest BCUT2D eigenvalue weighted by Crippen LogP contribution is 2.22. The maximum atomic E-state index is 8.73. The van der Waals surface area contributed by atoms with Gasteiger partial charge in [-0.2, -0.15) is 0 Å². The number of nitrogens with one attached hydrogen (secondary N) is 1. The Morgan fingerprint density at radius 3 is 2.44 bits per heavy atom. The van der Waals surface area contributed by atoms with E-state index >= 15 is 0 Å². The molecule has 1 aliphatic rings. The molecule has 1 saturated heterocycles. The minimum atomic E-state index is -0.274. The van der Waals surface area contributed by atoms with Gasteiger partial charge in [-0.05, 0) is 33.1 Å². The highest BCUT2D eigenvalue weighted by atomic mass is 16.4. The Hall–Kier alpha value is -0.810. The molecule has 18 heavy (non-hydrogen) atoms. The average Bonchev–Trinajstić information content (AvgIpc) is 2.31. The minimum absolute atomic E-state index is 0.274. The van der Waals surface area contributed by atoms with E-state index in [2.05, 4.69) is 29.4 Å². The molecule has 2 unspecified atom stereocenters. The number of piperidine rings is 1. The number of amidine groups is 1. The van der Waals surface area contributed by atoms with Gasteiger partial charge in [-0.3, -0.25) is 5.43 Å². The van der Waals surface area contributed by atoms with Gasteiger partial charge < -0.3 is 10.9 Å². The zero-order valence-corrected chi connectivity index (χ0v) is 12.1. The van der Waals surface area contributed by atoms with Crippen LogP contribution in [0.4, 0.5) is 0 Å². The quantitative estimate of drug-likeness (QED) is 0.304. The van der Waals surface area contributed by atoms with Crippen molar-refractivity contribution in [2.75, 3.05) is 6.54 Å². The standard InChI is InChI=1S/C13H28N4O/c1-10-6-5-7-11(2)17(10)15-9-8-13(3,4)12(14)16-18/h10-11,15,18H,5-9H2,1-4H3,(H2,14,16). The predicted molar refractivity (Wildman–Crippen MR) is 74.4 cm³/mol. The largest absolute Gasteiger partial charge is 0.409 e. The Labute approximate surface area is 110 Å². The fraction of sp³-hybridized carbons (Fsp3) is 0.923. The summed E-state index contributed by atoms with van der Waals surface area (Å²) in [5.41, 5.74) is 8.91. The monoisotopic (exact) mass is 256 g/mol. The SMILES string of the molecule is CC1CCCC(C)N1NCCC(C)(C)C(N)=NO. The van der Waals surface area contributed by atoms with Gasteiger partial charge in [0.1, 0.15) is 5.84 Å². The van der Waals surface area contributed by atoms with Crippen molar-refractivity contribution in [3.05, 3.63) is 0 Å². The normalized spacial score (nSPS) is 27.4. The van der Waals surface area contributed by atoms with E-state index in [1.807, 2.05) is 13.8 Å². The second-order valence-electron chi connectivity index (χ2n) is 6.06. The Kier molecular flexibility index (Phi) is 5.41. The van der Waals surface area contributed by atoms with E-state index in [0.717, 1.165) is 13.0 Å². The lowest BCUT2D eigenvalue weighted by molar-refractivity contribution is 0.0438. The smallest absolute Gasteiger partial charge is 0.144 e. The lowest BCUT2D eigenvalue weighted by atomic mass is 9.88. The zero-order chi connectivity index (χ0) is 13.8. The van der Waals surface area contributed by atoms with E-state index in [0.29, 0.717) is 17.9 Å². The van der Waals surface area contributed by atoms with Gasteiger partial charge in [0.2, 0.25) is 0 Å². The number of hydrogen-bond acceptors (Lipinski definition) is 4. The summed E-state index contributed by atoms with van der Waals surface area (Å²) in [4.78, 5) is 0. The molecular formula is C13H28N4O. The number of oxime groups is 1. The van der Waals surface area contributed by atoms with Crippen molar-refractivity contribution in [3.8, 4) is 0 Å². The molecule has 1 heterocycles. The van der Waals surface area contributed by atoms with E-state index < -0.39 is 0 Å². The maximum Gasteiger partial charge on any atom is 0.144 e. The van der Waals surface area contributed by atoms with Crippen LogP contribution in [0.15, 0.2) is 5.16 Å². The van der Waals surface area contributed by atoms with E-state index in [1.165, 1.54) is 19.3 Å². The summed E-state index contributed by atoms with van der Waals surface area (Å²) >= 11 is 0. The lowest BCUT2D eigenvalue weighted by Crippen LogP contribution is -2.53. The molecule has 0 radical (unpaired) electrons. The molecule has 1 rings (SSSR count). The summed E-state index contributed by atoms with van der Waals surface area (Å²) < 4.78 is 0. The number of hydrogen-bond donors (Lipinski definition) is 3. The van der Waals surface area contributed by atoms with Crippen LogP contribution >= 0.6 is 0 Å². The van der Waals surface area contributed by atoms with Crippen LogP contribution < -0.4 is 11.2 Å². The lowest BCUT2D eigenvalue weighted by Gasteiger charge is -2.39. The molecule has 0 amide bonds. The Morgan fingerprint density at radius 1 is 1.39 bits per heavy atom. The minimum Gasteiger partial charge on any atom is -0.409 e. The molecule has 0 spiro atoms. The van der Waals surface area contributed by atoms with Crippen molar-refractivity contribution in [1.29, 1.82) is 0 Å². The van der Waals surface area contributed by atoms with Crippen molar-refractivity contribution in [1.82, 2.24) is 10.4 Å². The van der Waals surface area contributed by atoms with Crippen LogP contribution in [-0.4, -0.2) is 34.7 Å². The summed E-state index contributed by atoms with van der Waals surface area (Å²) in [5, 5.41) is 14.2. The Bertz CT molecular complexity index is 281. The molecule has 1 aliphatic heterocycles. The molecule has 5 nitrogen and oxygen atoms in total. The molecule has 0 aromatic heterocycles. The maximum absolute atomic E-state index is 8.73. The van der Waals surface area contributed by atoms with E-state index in [1.54, 1.807) is 0 Å². The average molecular weight is 256 g/mol. The van der Waals surface area contributed by atoms with E-state index in [9.17, 15) is 0 Å². The molecule has 0 aromatic carbocycles. The molecule has 0 aliphatic carbocycles. The summed E-state index contributed by atoms with van der Waals surface area (Å²) in [7, 11) is 0. The molecule has 5 heteroatoms. The van der Waals surface area contributed by atoms with Crippen molar-refractivity contribution in [2.24, 2.45) is 16.3 Å². The van der Waals surface area contributed by atoms with Gasteiger partial charge in [0.05, 0.1) is 0 Å². The third-order valence-corrected chi connectivity index (χ3v) is 4.04. The van der Waals surface area contributed by atoms with Gasteiger partial charge in [-0.25, -0.2) is 5.01 Å². The topological polar surface area (TPSA) is 73.9 Å². The summed E-state index contributed by atoms with van der Waals surface area (Å²) in [6.07, 6.45) is 4.66. The summed E-state index contributed by atoms with van der Waals surface area (Å²) in [6.45, 7) is 9.35. The second-order valence-corrected chi connectivity index (χ2v) is 6.06. The van der Waals surface area contributed by atoms with Crippen LogP contribution in [0.25, 0.3) is 0 Å². The first kappa shape index (κ1) is 15.2. The molecule has 4 N–H and O–H groups in total. The summed E-state index contributed by atoms with van der Waals surface area (Å²) in [5.74, 6) is 0.295. The Morgan fingerprint density at radius 2 is 1.94 bits per heavy atom. The van der Waals surface area contributed by atoms with Crippen LogP contribution in [0.1, 0.15) is 53.4 Å². The van der Waals surface area contributed by atoms with Crippen molar-refractivity contribution in [2.45, 2.75) is 65.5 Å². The fourth-order valence-electron chi connectivity index (χ4n) is 2.49. The highest BCUT2D eigenvalue weighted by molar-refractivity contribution is 5.85. The molecule has 1 fully saturated rings. The molecule has 0 bridgehead atoms. The van der Waals surface area contributed by atoms with Gasteiger partial charge >= 0.3 is 0 Å². The van der Waals surface area contributed by atoms with Crippen molar-refractivity contribution >= 4 is 5.84 Å². The van der Waals surface area contributed by atoms with Crippen LogP contribution in [0.3, 0.4) is 0 Å². The molecule has 106 valence electrons. The van der Waals surface area contributed by atoms with Gasteiger partial charge in [-0.1, -0.05) is 25.4 Å². The first-order valence-electron chi connectivity index (χ1n) is 6.88. The number of hydrazine groups is 1. The first-order chi connectivity index (χ1) is 8.38. The van der Waals surface area contributed by atoms with Crippen LogP contribution in [-0.2, 0) is 0 Å². The first-order valence-corrected chi connectivity index (χ1v) is 6.88. The second kappa shape index (κ2) is 6.38. The third-order valence-electron chi connectivity index (χ3n) is 4.04. The molecule has 2 atom stereocenters. The van der Waals surface area contributed by atoms with Gasteiger partial charge in [-0.15, -0.1) is 0 Å². The van der Waals surface area contributed by atoms with Gasteiger partial charge in [0.25, 0.3) is 0 Å². The molecule has 0 aromatic rings. The third kappa shape index (κ3) is 3.85. The summed E-state index contributed by atoms with van der Waals surface area (Å²) in [6, 6.07) is 1.17. The molecular weight excluding hydrogens is 228 g/mol. The number of nitrogens with zero attached hydrogens (tertiary/aromatic N) is 2.